The summed E-state index contributed by atoms with van der Waals surface area (Å²) < 4.78 is 6.51. The van der Waals surface area contributed by atoms with Gasteiger partial charge in [-0.25, -0.2) is 10.8 Å². The lowest BCUT2D eigenvalue weighted by Gasteiger charge is -2.11. The molecule has 3 N–H and O–H groups in total. The van der Waals surface area contributed by atoms with Crippen LogP contribution >= 0.6 is 15.9 Å². The number of nitrogens with two attached hydrogens (primary N) is 1. The summed E-state index contributed by atoms with van der Waals surface area (Å²) in [6.07, 6.45) is 3.29. The molecule has 7 heteroatoms. The van der Waals surface area contributed by atoms with Gasteiger partial charge in [0.05, 0.1) is 11.8 Å². The van der Waals surface area contributed by atoms with Gasteiger partial charge in [-0.1, -0.05) is 0 Å². The molecule has 0 unspecified atom stereocenters. The minimum absolute atomic E-state index is 0.454. The Morgan fingerprint density at radius 3 is 2.72 bits per heavy atom. The lowest BCUT2D eigenvalue weighted by Crippen LogP contribution is -2.12. The Hall–Kier alpha value is -1.73. The van der Waals surface area contributed by atoms with E-state index in [2.05, 4.69) is 36.3 Å². The molecule has 0 aromatic carbocycles. The fraction of sp³-hybridized carbons (Fsp3) is 0.182. The lowest BCUT2D eigenvalue weighted by molar-refractivity contribution is 0.453. The molecule has 0 saturated carbocycles. The Bertz CT molecular complexity index is 575. The Morgan fingerprint density at radius 1 is 1.28 bits per heavy atom. The van der Waals surface area contributed by atoms with Crippen LogP contribution in [0.4, 0.5) is 5.82 Å². The zero-order valence-electron chi connectivity index (χ0n) is 9.94. The van der Waals surface area contributed by atoms with Gasteiger partial charge in [-0.15, -0.1) is 0 Å². The average molecular weight is 310 g/mol. The van der Waals surface area contributed by atoms with Gasteiger partial charge in [-0.2, -0.15) is 4.98 Å². The second-order valence-electron chi connectivity index (χ2n) is 3.63. The van der Waals surface area contributed by atoms with E-state index in [9.17, 15) is 0 Å². The lowest BCUT2D eigenvalue weighted by atomic mass is 10.3. The number of nitrogen functional groups attached to an aromatic ring is 1. The molecule has 94 valence electrons. The summed E-state index contributed by atoms with van der Waals surface area (Å²) in [5.41, 5.74) is 3.26. The van der Waals surface area contributed by atoms with Gasteiger partial charge < -0.3 is 10.2 Å². The van der Waals surface area contributed by atoms with Gasteiger partial charge in [-0.05, 0) is 35.8 Å². The number of hydrazine groups is 1. The van der Waals surface area contributed by atoms with Crippen LogP contribution in [0.5, 0.6) is 11.6 Å². The van der Waals surface area contributed by atoms with Gasteiger partial charge in [-0.3, -0.25) is 4.98 Å². The third kappa shape index (κ3) is 2.74. The van der Waals surface area contributed by atoms with Crippen molar-refractivity contribution in [2.75, 3.05) is 5.43 Å². The maximum absolute atomic E-state index is 5.67. The van der Waals surface area contributed by atoms with E-state index in [1.54, 1.807) is 25.4 Å². The first kappa shape index (κ1) is 12.7. The molecule has 0 bridgehead atoms. The molecule has 0 aliphatic rings. The predicted molar refractivity (Wildman–Crippen MR) is 71.3 cm³/mol. The van der Waals surface area contributed by atoms with Gasteiger partial charge >= 0.3 is 0 Å². The van der Waals surface area contributed by atoms with E-state index in [4.69, 9.17) is 10.6 Å². The highest BCUT2D eigenvalue weighted by Crippen LogP contribution is 2.27. The van der Waals surface area contributed by atoms with E-state index in [0.29, 0.717) is 23.3 Å². The SMILES string of the molecule is Cc1nc(NN)c(C)c(Oc2cncc(Br)c2)n1. The fourth-order valence-corrected chi connectivity index (χ4v) is 1.75. The summed E-state index contributed by atoms with van der Waals surface area (Å²) >= 11 is 3.33. The van der Waals surface area contributed by atoms with Gasteiger partial charge in [0.2, 0.25) is 5.88 Å². The summed E-state index contributed by atoms with van der Waals surface area (Å²) in [6.45, 7) is 3.60. The van der Waals surface area contributed by atoms with Crippen LogP contribution in [0.15, 0.2) is 22.9 Å². The summed E-state index contributed by atoms with van der Waals surface area (Å²) in [6, 6.07) is 1.80. The molecule has 18 heavy (non-hydrogen) atoms. The molecule has 2 heterocycles. The predicted octanol–water partition coefficient (Wildman–Crippen LogP) is 2.33. The topological polar surface area (TPSA) is 86.0 Å². The van der Waals surface area contributed by atoms with Crippen molar-refractivity contribution in [1.29, 1.82) is 0 Å². The van der Waals surface area contributed by atoms with E-state index >= 15 is 0 Å². The normalized spacial score (nSPS) is 10.2. The zero-order valence-corrected chi connectivity index (χ0v) is 11.5. The molecule has 0 saturated heterocycles. The molecule has 0 amide bonds. The van der Waals surface area contributed by atoms with Crippen molar-refractivity contribution in [2.45, 2.75) is 13.8 Å². The zero-order chi connectivity index (χ0) is 13.1. The van der Waals surface area contributed by atoms with E-state index in [0.717, 1.165) is 10.0 Å². The number of anilines is 1. The first-order valence-corrected chi connectivity index (χ1v) is 5.99. The van der Waals surface area contributed by atoms with Crippen LogP contribution in [0.2, 0.25) is 0 Å². The van der Waals surface area contributed by atoms with Gasteiger partial charge in [0, 0.05) is 10.7 Å². The van der Waals surface area contributed by atoms with Gasteiger partial charge in [0.15, 0.2) is 0 Å². The second kappa shape index (κ2) is 5.28. The smallest absolute Gasteiger partial charge is 0.227 e. The highest BCUT2D eigenvalue weighted by Gasteiger charge is 2.10. The van der Waals surface area contributed by atoms with Crippen molar-refractivity contribution < 1.29 is 4.74 Å². The monoisotopic (exact) mass is 309 g/mol. The van der Waals surface area contributed by atoms with Gasteiger partial charge in [0.1, 0.15) is 17.4 Å². The van der Waals surface area contributed by atoms with Crippen molar-refractivity contribution in [3.63, 3.8) is 0 Å². The van der Waals surface area contributed by atoms with Crippen molar-refractivity contribution in [3.8, 4) is 11.6 Å². The average Bonchev–Trinajstić information content (AvgIpc) is 2.33. The van der Waals surface area contributed by atoms with E-state index < -0.39 is 0 Å². The summed E-state index contributed by atoms with van der Waals surface area (Å²) in [4.78, 5) is 12.4. The Labute approximate surface area is 113 Å². The van der Waals surface area contributed by atoms with Crippen LogP contribution in [0.3, 0.4) is 0 Å². The first-order chi connectivity index (χ1) is 8.60. The van der Waals surface area contributed by atoms with E-state index in [1.165, 1.54) is 0 Å². The van der Waals surface area contributed by atoms with Crippen LogP contribution in [-0.2, 0) is 0 Å². The van der Waals surface area contributed by atoms with Crippen LogP contribution in [0.25, 0.3) is 0 Å². The molecule has 0 spiro atoms. The van der Waals surface area contributed by atoms with Crippen molar-refractivity contribution in [1.82, 2.24) is 15.0 Å². The molecule has 0 atom stereocenters. The minimum atomic E-state index is 0.454. The molecular formula is C11H12BrN5O. The molecule has 2 rings (SSSR count). The van der Waals surface area contributed by atoms with Crippen molar-refractivity contribution in [3.05, 3.63) is 34.3 Å². The molecule has 0 aliphatic heterocycles. The first-order valence-electron chi connectivity index (χ1n) is 5.20. The maximum Gasteiger partial charge on any atom is 0.227 e. The molecular weight excluding hydrogens is 298 g/mol. The molecule has 2 aromatic heterocycles. The number of aryl methyl sites for hydroxylation is 1. The number of ether oxygens (including phenoxy) is 1. The van der Waals surface area contributed by atoms with Crippen molar-refractivity contribution in [2.24, 2.45) is 5.84 Å². The summed E-state index contributed by atoms with van der Waals surface area (Å²) in [5, 5.41) is 0. The molecule has 2 aromatic rings. The number of hydrogen-bond donors (Lipinski definition) is 2. The Balaban J connectivity index is 2.37. The highest BCUT2D eigenvalue weighted by molar-refractivity contribution is 9.10. The van der Waals surface area contributed by atoms with Crippen LogP contribution < -0.4 is 16.0 Å². The number of nitrogens with zero attached hydrogens (tertiary/aromatic N) is 3. The number of hydrogen-bond acceptors (Lipinski definition) is 6. The Morgan fingerprint density at radius 2 is 2.06 bits per heavy atom. The summed E-state index contributed by atoms with van der Waals surface area (Å²) in [5.74, 6) is 7.55. The molecule has 0 fully saturated rings. The Kier molecular flexibility index (Phi) is 3.73. The second-order valence-corrected chi connectivity index (χ2v) is 4.55. The van der Waals surface area contributed by atoms with E-state index in [1.807, 2.05) is 6.92 Å². The number of halogens is 1. The third-order valence-corrected chi connectivity index (χ3v) is 2.68. The van der Waals surface area contributed by atoms with Crippen LogP contribution in [0.1, 0.15) is 11.4 Å². The minimum Gasteiger partial charge on any atom is -0.437 e. The number of pyridine rings is 1. The van der Waals surface area contributed by atoms with Crippen molar-refractivity contribution >= 4 is 21.7 Å². The highest BCUT2D eigenvalue weighted by atomic mass is 79.9. The standard InChI is InChI=1S/C11H12BrN5O/c1-6-10(17-13)15-7(2)16-11(6)18-9-3-8(12)4-14-5-9/h3-5H,13H2,1-2H3,(H,15,16,17). The molecule has 0 radical (unpaired) electrons. The molecule has 0 aliphatic carbocycles. The van der Waals surface area contributed by atoms with Crippen LogP contribution in [0, 0.1) is 13.8 Å². The number of rotatable bonds is 3. The third-order valence-electron chi connectivity index (χ3n) is 2.24. The van der Waals surface area contributed by atoms with E-state index in [-0.39, 0.29) is 0 Å². The summed E-state index contributed by atoms with van der Waals surface area (Å²) in [7, 11) is 0. The number of aromatic nitrogens is 3. The number of nitrogens with one attached hydrogen (secondary N) is 1. The maximum atomic E-state index is 5.67. The van der Waals surface area contributed by atoms with Crippen LogP contribution in [-0.4, -0.2) is 15.0 Å². The fourth-order valence-electron chi connectivity index (χ4n) is 1.40. The van der Waals surface area contributed by atoms with Gasteiger partial charge in [0.25, 0.3) is 0 Å². The molecule has 6 nitrogen and oxygen atoms in total. The quantitative estimate of drug-likeness (QED) is 0.668. The largest absolute Gasteiger partial charge is 0.437 e.